The second-order valence-corrected chi connectivity index (χ2v) is 15.7. The number of fused-ring (bicyclic) bond motifs is 5. The molecule has 1 saturated carbocycles. The number of hydrogen-bond donors (Lipinski definition) is 1. The molecule has 2 amide bonds. The number of aromatic nitrogens is 5. The highest BCUT2D eigenvalue weighted by Gasteiger charge is 2.66. The summed E-state index contributed by atoms with van der Waals surface area (Å²) < 4.78 is 6.51. The topological polar surface area (TPSA) is 124 Å². The van der Waals surface area contributed by atoms with Crippen molar-refractivity contribution in [1.82, 2.24) is 23.7 Å². The largest absolute Gasteiger partial charge is 0.508 e. The van der Waals surface area contributed by atoms with E-state index < -0.39 is 46.5 Å². The fourth-order valence-corrected chi connectivity index (χ4v) is 10.2. The lowest BCUT2D eigenvalue weighted by Crippen LogP contribution is -2.49. The van der Waals surface area contributed by atoms with E-state index in [1.54, 1.807) is 72.5 Å². The number of benzene rings is 3. The number of amides is 2. The number of para-hydroxylation sites is 1. The van der Waals surface area contributed by atoms with Gasteiger partial charge in [-0.25, -0.2) is 28.4 Å². The Hall–Kier alpha value is -5.17. The summed E-state index contributed by atoms with van der Waals surface area (Å²) in [6.45, 7) is 3.84. The number of aromatic hydroxyl groups is 1. The quantitative estimate of drug-likeness (QED) is 0.160. The van der Waals surface area contributed by atoms with Crippen molar-refractivity contribution in [3.05, 3.63) is 127 Å². The van der Waals surface area contributed by atoms with Crippen LogP contribution in [0, 0.1) is 18.3 Å². The predicted molar refractivity (Wildman–Crippen MR) is 200 cm³/mol. The molecule has 14 heteroatoms. The summed E-state index contributed by atoms with van der Waals surface area (Å²) in [6.07, 6.45) is 1.96. The molecule has 52 heavy (non-hydrogen) atoms. The minimum Gasteiger partial charge on any atom is -0.508 e. The van der Waals surface area contributed by atoms with E-state index in [0.717, 1.165) is 25.1 Å². The van der Waals surface area contributed by atoms with Crippen LogP contribution in [0.15, 0.2) is 94.0 Å². The highest BCUT2D eigenvalue weighted by Crippen LogP contribution is 2.62. The second-order valence-electron chi connectivity index (χ2n) is 13.8. The molecule has 3 aromatic carbocycles. The number of allylic oxidation sites excluding steroid dienone is 2. The molecule has 0 radical (unpaired) electrons. The van der Waals surface area contributed by atoms with Crippen molar-refractivity contribution in [3.8, 4) is 22.0 Å². The van der Waals surface area contributed by atoms with Gasteiger partial charge in [0.2, 0.25) is 11.8 Å². The Balaban J connectivity index is 1.20. The molecule has 262 valence electrons. The Kier molecular flexibility index (Phi) is 7.18. The fourth-order valence-electron chi connectivity index (χ4n) is 8.60. The van der Waals surface area contributed by atoms with Gasteiger partial charge < -0.3 is 5.11 Å². The molecule has 3 aromatic heterocycles. The van der Waals surface area contributed by atoms with Crippen LogP contribution in [0.4, 0.5) is 5.82 Å². The third-order valence-corrected chi connectivity index (χ3v) is 12.9. The van der Waals surface area contributed by atoms with Crippen molar-refractivity contribution in [2.45, 2.75) is 38.8 Å². The van der Waals surface area contributed by atoms with Gasteiger partial charge >= 0.3 is 11.4 Å². The molecule has 0 bridgehead atoms. The zero-order valence-corrected chi connectivity index (χ0v) is 30.4. The number of carbonyl (C=O) groups is 2. The molecule has 1 N–H and O–H groups in total. The molecule has 3 aliphatic rings. The van der Waals surface area contributed by atoms with Crippen molar-refractivity contribution in [2.75, 3.05) is 4.90 Å². The van der Waals surface area contributed by atoms with Crippen LogP contribution >= 0.6 is 34.5 Å². The van der Waals surface area contributed by atoms with Crippen LogP contribution < -0.4 is 16.3 Å². The Morgan fingerprint density at radius 1 is 0.962 bits per heavy atom. The Bertz CT molecular complexity index is 2690. The molecule has 1 saturated heterocycles. The molecule has 2 aliphatic heterocycles. The number of anilines is 1. The molecule has 4 atom stereocenters. The van der Waals surface area contributed by atoms with Gasteiger partial charge in [0.1, 0.15) is 17.3 Å². The minimum atomic E-state index is -1.34. The third kappa shape index (κ3) is 4.40. The smallest absolute Gasteiger partial charge is 0.352 e. The van der Waals surface area contributed by atoms with Gasteiger partial charge in [0.15, 0.2) is 0 Å². The average molecular weight is 754 g/mol. The van der Waals surface area contributed by atoms with Gasteiger partial charge in [-0.2, -0.15) is 5.10 Å². The van der Waals surface area contributed by atoms with Crippen LogP contribution in [-0.2, 0) is 23.2 Å². The zero-order chi connectivity index (χ0) is 36.4. The summed E-state index contributed by atoms with van der Waals surface area (Å²) in [6, 6.07) is 20.0. The van der Waals surface area contributed by atoms with Gasteiger partial charge in [-0.15, -0.1) is 11.3 Å². The monoisotopic (exact) mass is 752 g/mol. The number of phenolic OH excluding ortho intramolecular Hbond substituents is 1. The number of aryl methyl sites for hydroxylation is 2. The van der Waals surface area contributed by atoms with E-state index in [1.807, 2.05) is 31.2 Å². The summed E-state index contributed by atoms with van der Waals surface area (Å²) >= 11 is 14.7. The molecule has 11 nitrogen and oxygen atoms in total. The van der Waals surface area contributed by atoms with Crippen LogP contribution in [-0.4, -0.2) is 40.6 Å². The molecular formula is C38H30Cl2N6O5S. The maximum Gasteiger partial charge on any atom is 0.352 e. The summed E-state index contributed by atoms with van der Waals surface area (Å²) in [5.41, 5.74) is 0.864. The molecule has 4 unspecified atom stereocenters. The standard InChI is InChI=1S/C38H30Cl2N6O5S/c1-19-25-15-20(39)9-12-30(25)52-33(19)28-18-31(42(3)41-28)45-34(48)26-17-29-24(32(38(26,2)35(45)49)23-11-10-22(47)16-27(23)40)13-14-43-36(50)44(37(51)46(29)43)21-7-5-4-6-8-21/h4-13,15-16,18,26,29,32,47H,14,17H2,1-3H3. The zero-order valence-electron chi connectivity index (χ0n) is 28.1. The minimum absolute atomic E-state index is 0.0536. The van der Waals surface area contributed by atoms with E-state index in [9.17, 15) is 19.5 Å². The Morgan fingerprint density at radius 3 is 2.48 bits per heavy atom. The highest BCUT2D eigenvalue weighted by atomic mass is 35.5. The average Bonchev–Trinajstić information content (AvgIpc) is 3.79. The first-order valence-electron chi connectivity index (χ1n) is 16.7. The molecule has 0 spiro atoms. The van der Waals surface area contributed by atoms with Crippen LogP contribution in [0.25, 0.3) is 26.3 Å². The van der Waals surface area contributed by atoms with E-state index >= 15 is 4.79 Å². The molecular weight excluding hydrogens is 723 g/mol. The first kappa shape index (κ1) is 32.7. The van der Waals surface area contributed by atoms with Crippen LogP contribution in [0.3, 0.4) is 0 Å². The number of phenols is 1. The number of nitrogens with zero attached hydrogens (tertiary/aromatic N) is 6. The van der Waals surface area contributed by atoms with Crippen molar-refractivity contribution in [2.24, 2.45) is 18.4 Å². The molecule has 5 heterocycles. The highest BCUT2D eigenvalue weighted by molar-refractivity contribution is 7.22. The van der Waals surface area contributed by atoms with Gasteiger partial charge in [0.25, 0.3) is 0 Å². The summed E-state index contributed by atoms with van der Waals surface area (Å²) in [4.78, 5) is 59.8. The van der Waals surface area contributed by atoms with Crippen molar-refractivity contribution in [3.63, 3.8) is 0 Å². The fraction of sp³-hybridized carbons (Fsp3) is 0.237. The Morgan fingerprint density at radius 2 is 1.73 bits per heavy atom. The number of hydrogen-bond acceptors (Lipinski definition) is 7. The maximum atomic E-state index is 15.0. The van der Waals surface area contributed by atoms with Crippen LogP contribution in [0.2, 0.25) is 10.0 Å². The SMILES string of the molecule is Cc1c(-c2cc(N3C(=O)C4CC5C(=CCn6c(=O)n(-c7ccccc7)c(=O)n65)C(c5ccc(O)cc5Cl)C4(C)C3=O)n(C)n2)sc2ccc(Cl)cc12. The van der Waals surface area contributed by atoms with E-state index in [2.05, 4.69) is 0 Å². The van der Waals surface area contributed by atoms with E-state index in [4.69, 9.17) is 28.3 Å². The molecule has 1 aliphatic carbocycles. The first-order valence-corrected chi connectivity index (χ1v) is 18.3. The van der Waals surface area contributed by atoms with Gasteiger partial charge in [-0.05, 0) is 84.8 Å². The van der Waals surface area contributed by atoms with Crippen molar-refractivity contribution < 1.29 is 14.7 Å². The van der Waals surface area contributed by atoms with Crippen LogP contribution in [0.5, 0.6) is 5.75 Å². The normalized spacial score (nSPS) is 22.4. The second kappa shape index (κ2) is 11.4. The van der Waals surface area contributed by atoms with Crippen molar-refractivity contribution >= 4 is 62.3 Å². The summed E-state index contributed by atoms with van der Waals surface area (Å²) in [7, 11) is 1.70. The van der Waals surface area contributed by atoms with E-state index in [-0.39, 0.29) is 23.7 Å². The summed E-state index contributed by atoms with van der Waals surface area (Å²) in [5, 5.41) is 16.9. The van der Waals surface area contributed by atoms with Gasteiger partial charge in [0, 0.05) is 33.8 Å². The third-order valence-electron chi connectivity index (χ3n) is 11.1. The van der Waals surface area contributed by atoms with E-state index in [0.29, 0.717) is 33.4 Å². The van der Waals surface area contributed by atoms with E-state index in [1.165, 1.54) is 26.4 Å². The number of rotatable bonds is 4. The molecule has 6 aromatic rings. The lowest BCUT2D eigenvalue weighted by Gasteiger charge is -2.47. The van der Waals surface area contributed by atoms with Crippen molar-refractivity contribution in [1.29, 1.82) is 0 Å². The lowest BCUT2D eigenvalue weighted by molar-refractivity contribution is -0.129. The number of carbonyl (C=O) groups excluding carboxylic acids is 2. The number of halogens is 2. The number of imide groups is 1. The number of thiophene rings is 1. The van der Waals surface area contributed by atoms with Gasteiger partial charge in [-0.3, -0.25) is 14.3 Å². The summed E-state index contributed by atoms with van der Waals surface area (Å²) in [5.74, 6) is -2.28. The van der Waals surface area contributed by atoms with Crippen LogP contribution in [0.1, 0.15) is 36.4 Å². The lowest BCUT2D eigenvalue weighted by atomic mass is 9.56. The van der Waals surface area contributed by atoms with Gasteiger partial charge in [0.05, 0.1) is 34.5 Å². The predicted octanol–water partition coefficient (Wildman–Crippen LogP) is 6.60. The molecule has 2 fully saturated rings. The first-order chi connectivity index (χ1) is 24.9. The Labute approximate surface area is 310 Å². The molecule has 9 rings (SSSR count). The maximum absolute atomic E-state index is 15.0. The van der Waals surface area contributed by atoms with Gasteiger partial charge in [-0.1, -0.05) is 53.5 Å².